The van der Waals surface area contributed by atoms with Crippen molar-refractivity contribution in [2.45, 2.75) is 6.29 Å². The van der Waals surface area contributed by atoms with Crippen molar-refractivity contribution in [2.75, 3.05) is 37.9 Å². The molecule has 1 aliphatic rings. The fraction of sp³-hybridized carbons (Fsp3) is 0.455. The van der Waals surface area contributed by atoms with Gasteiger partial charge in [-0.3, -0.25) is 0 Å². The zero-order chi connectivity index (χ0) is 11.4. The molecule has 1 aliphatic heterocycles. The average molecular weight is 224 g/mol. The lowest BCUT2D eigenvalue weighted by Crippen LogP contribution is -2.20. The molecule has 0 bridgehead atoms. The van der Waals surface area contributed by atoms with Gasteiger partial charge in [-0.05, 0) is 12.1 Å². The quantitative estimate of drug-likeness (QED) is 0.749. The first-order valence-electron chi connectivity index (χ1n) is 5.20. The standard InChI is InChI=1S/C11H16N2O3/c1-14-8-2-3-9(12)10(6-8)13-7-11-15-4-5-16-11/h2-3,6,11,13H,4-5,7,12H2,1H3. The van der Waals surface area contributed by atoms with Crippen LogP contribution in [0.15, 0.2) is 18.2 Å². The maximum Gasteiger partial charge on any atom is 0.174 e. The van der Waals surface area contributed by atoms with Crippen LogP contribution in [0, 0.1) is 0 Å². The van der Waals surface area contributed by atoms with Gasteiger partial charge >= 0.3 is 0 Å². The van der Waals surface area contributed by atoms with E-state index in [0.717, 1.165) is 11.4 Å². The van der Waals surface area contributed by atoms with Crippen molar-refractivity contribution < 1.29 is 14.2 Å². The third-order valence-electron chi connectivity index (χ3n) is 2.41. The van der Waals surface area contributed by atoms with Gasteiger partial charge in [0.25, 0.3) is 0 Å². The van der Waals surface area contributed by atoms with Gasteiger partial charge in [0.2, 0.25) is 0 Å². The van der Waals surface area contributed by atoms with E-state index in [-0.39, 0.29) is 6.29 Å². The minimum atomic E-state index is -0.189. The molecule has 1 aromatic carbocycles. The normalized spacial score (nSPS) is 16.3. The van der Waals surface area contributed by atoms with Gasteiger partial charge in [0.15, 0.2) is 6.29 Å². The summed E-state index contributed by atoms with van der Waals surface area (Å²) in [6.07, 6.45) is -0.189. The second-order valence-electron chi connectivity index (χ2n) is 3.51. The van der Waals surface area contributed by atoms with Crippen LogP contribution < -0.4 is 15.8 Å². The molecule has 3 N–H and O–H groups in total. The number of anilines is 2. The smallest absolute Gasteiger partial charge is 0.174 e. The van der Waals surface area contributed by atoms with Crippen LogP contribution in [-0.4, -0.2) is 33.2 Å². The van der Waals surface area contributed by atoms with Crippen LogP contribution >= 0.6 is 0 Å². The molecule has 0 amide bonds. The molecular weight excluding hydrogens is 208 g/mol. The van der Waals surface area contributed by atoms with Crippen LogP contribution in [0.1, 0.15) is 0 Å². The first kappa shape index (κ1) is 11.0. The number of nitrogens with two attached hydrogens (primary N) is 1. The Balaban J connectivity index is 1.96. The summed E-state index contributed by atoms with van der Waals surface area (Å²) in [5.74, 6) is 0.768. The number of ether oxygens (including phenoxy) is 3. The molecule has 1 fully saturated rings. The van der Waals surface area contributed by atoms with Crippen molar-refractivity contribution in [1.29, 1.82) is 0 Å². The maximum atomic E-state index is 5.83. The predicted octanol–water partition coefficient (Wildman–Crippen LogP) is 1.06. The van der Waals surface area contributed by atoms with E-state index in [1.165, 1.54) is 0 Å². The molecule has 1 aromatic rings. The molecule has 1 heterocycles. The van der Waals surface area contributed by atoms with E-state index < -0.39 is 0 Å². The monoisotopic (exact) mass is 224 g/mol. The van der Waals surface area contributed by atoms with Gasteiger partial charge in [-0.25, -0.2) is 0 Å². The van der Waals surface area contributed by atoms with E-state index >= 15 is 0 Å². The summed E-state index contributed by atoms with van der Waals surface area (Å²) in [6.45, 7) is 1.89. The molecule has 0 unspecified atom stereocenters. The topological polar surface area (TPSA) is 65.7 Å². The van der Waals surface area contributed by atoms with Crippen molar-refractivity contribution in [3.05, 3.63) is 18.2 Å². The summed E-state index contributed by atoms with van der Waals surface area (Å²) in [5.41, 5.74) is 7.34. The Labute approximate surface area is 94.5 Å². The third kappa shape index (κ3) is 2.56. The van der Waals surface area contributed by atoms with E-state index in [0.29, 0.717) is 25.4 Å². The Morgan fingerprint density at radius 3 is 2.88 bits per heavy atom. The van der Waals surface area contributed by atoms with Gasteiger partial charge in [0, 0.05) is 6.07 Å². The lowest BCUT2D eigenvalue weighted by molar-refractivity contribution is -0.0299. The van der Waals surface area contributed by atoms with Crippen molar-refractivity contribution in [2.24, 2.45) is 0 Å². The minimum absolute atomic E-state index is 0.189. The molecule has 88 valence electrons. The van der Waals surface area contributed by atoms with Crippen molar-refractivity contribution in [3.8, 4) is 5.75 Å². The molecule has 16 heavy (non-hydrogen) atoms. The minimum Gasteiger partial charge on any atom is -0.497 e. The van der Waals surface area contributed by atoms with Crippen LogP contribution in [0.5, 0.6) is 5.75 Å². The van der Waals surface area contributed by atoms with E-state index in [1.54, 1.807) is 13.2 Å². The first-order valence-corrected chi connectivity index (χ1v) is 5.20. The lowest BCUT2D eigenvalue weighted by Gasteiger charge is -2.13. The van der Waals surface area contributed by atoms with Crippen LogP contribution in [0.25, 0.3) is 0 Å². The molecule has 0 aromatic heterocycles. The van der Waals surface area contributed by atoms with E-state index in [4.69, 9.17) is 19.9 Å². The van der Waals surface area contributed by atoms with E-state index in [2.05, 4.69) is 5.32 Å². The molecule has 0 saturated carbocycles. The molecule has 5 nitrogen and oxygen atoms in total. The number of hydrogen-bond donors (Lipinski definition) is 2. The summed E-state index contributed by atoms with van der Waals surface area (Å²) in [5, 5.41) is 3.17. The molecular formula is C11H16N2O3. The van der Waals surface area contributed by atoms with Crippen molar-refractivity contribution in [1.82, 2.24) is 0 Å². The number of hydrogen-bond acceptors (Lipinski definition) is 5. The number of methoxy groups -OCH3 is 1. The second-order valence-corrected chi connectivity index (χ2v) is 3.51. The van der Waals surface area contributed by atoms with Gasteiger partial charge in [-0.15, -0.1) is 0 Å². The molecule has 5 heteroatoms. The molecule has 0 atom stereocenters. The van der Waals surface area contributed by atoms with Gasteiger partial charge in [0.1, 0.15) is 5.75 Å². The number of rotatable bonds is 4. The van der Waals surface area contributed by atoms with Crippen LogP contribution in [0.3, 0.4) is 0 Å². The highest BCUT2D eigenvalue weighted by Gasteiger charge is 2.15. The Morgan fingerprint density at radius 2 is 2.19 bits per heavy atom. The summed E-state index contributed by atoms with van der Waals surface area (Å²) in [7, 11) is 1.62. The van der Waals surface area contributed by atoms with Crippen LogP contribution in [0.2, 0.25) is 0 Å². The third-order valence-corrected chi connectivity index (χ3v) is 2.41. The molecule has 0 radical (unpaired) electrons. The summed E-state index contributed by atoms with van der Waals surface area (Å²) < 4.78 is 15.8. The molecule has 0 spiro atoms. The largest absolute Gasteiger partial charge is 0.497 e. The fourth-order valence-electron chi connectivity index (χ4n) is 1.53. The highest BCUT2D eigenvalue weighted by Crippen LogP contribution is 2.24. The number of benzene rings is 1. The summed E-state index contributed by atoms with van der Waals surface area (Å²) >= 11 is 0. The average Bonchev–Trinajstić information content (AvgIpc) is 2.81. The van der Waals surface area contributed by atoms with Crippen molar-refractivity contribution in [3.63, 3.8) is 0 Å². The van der Waals surface area contributed by atoms with Gasteiger partial charge < -0.3 is 25.3 Å². The van der Waals surface area contributed by atoms with Gasteiger partial charge in [0.05, 0.1) is 38.2 Å². The van der Waals surface area contributed by atoms with Crippen LogP contribution in [0.4, 0.5) is 11.4 Å². The Bertz CT molecular complexity index is 351. The Hall–Kier alpha value is -1.46. The fourth-order valence-corrected chi connectivity index (χ4v) is 1.53. The summed E-state index contributed by atoms with van der Waals surface area (Å²) in [6, 6.07) is 5.48. The van der Waals surface area contributed by atoms with E-state index in [1.807, 2.05) is 12.1 Å². The van der Waals surface area contributed by atoms with Gasteiger partial charge in [-0.2, -0.15) is 0 Å². The lowest BCUT2D eigenvalue weighted by atomic mass is 10.2. The Morgan fingerprint density at radius 1 is 1.44 bits per heavy atom. The molecule has 2 rings (SSSR count). The molecule has 1 saturated heterocycles. The number of nitrogens with one attached hydrogen (secondary N) is 1. The van der Waals surface area contributed by atoms with E-state index in [9.17, 15) is 0 Å². The number of nitrogen functional groups attached to an aromatic ring is 1. The zero-order valence-electron chi connectivity index (χ0n) is 9.23. The highest BCUT2D eigenvalue weighted by molar-refractivity contribution is 5.68. The predicted molar refractivity (Wildman–Crippen MR) is 61.6 cm³/mol. The van der Waals surface area contributed by atoms with Crippen LogP contribution in [-0.2, 0) is 9.47 Å². The maximum absolute atomic E-state index is 5.83. The van der Waals surface area contributed by atoms with Gasteiger partial charge in [-0.1, -0.05) is 0 Å². The summed E-state index contributed by atoms with van der Waals surface area (Å²) in [4.78, 5) is 0. The Kier molecular flexibility index (Phi) is 3.48. The SMILES string of the molecule is COc1ccc(N)c(NCC2OCCO2)c1. The zero-order valence-corrected chi connectivity index (χ0v) is 9.23. The first-order chi connectivity index (χ1) is 7.79. The highest BCUT2D eigenvalue weighted by atomic mass is 16.7. The molecule has 0 aliphatic carbocycles. The van der Waals surface area contributed by atoms with Crippen molar-refractivity contribution >= 4 is 11.4 Å². The second kappa shape index (κ2) is 5.05.